The lowest BCUT2D eigenvalue weighted by Crippen LogP contribution is -2.35. The molecule has 1 saturated heterocycles. The minimum atomic E-state index is -0.437. The number of ketones is 1. The zero-order chi connectivity index (χ0) is 18.1. The number of aromatic hydroxyl groups is 2. The summed E-state index contributed by atoms with van der Waals surface area (Å²) < 4.78 is 7.10. The van der Waals surface area contributed by atoms with E-state index in [1.54, 1.807) is 10.6 Å². The third-order valence-electron chi connectivity index (χ3n) is 4.53. The van der Waals surface area contributed by atoms with E-state index in [4.69, 9.17) is 4.74 Å². The molecule has 1 fully saturated rings. The molecule has 26 heavy (non-hydrogen) atoms. The number of benzene rings is 1. The fraction of sp³-hybridized carbons (Fsp3) is 0.263. The Hall–Kier alpha value is -2.90. The van der Waals surface area contributed by atoms with Crippen molar-refractivity contribution in [1.82, 2.24) is 14.3 Å². The van der Waals surface area contributed by atoms with Gasteiger partial charge in [0.25, 0.3) is 0 Å². The first kappa shape index (κ1) is 16.6. The molecule has 0 unspecified atom stereocenters. The summed E-state index contributed by atoms with van der Waals surface area (Å²) in [6.45, 7) is 3.64. The highest BCUT2D eigenvalue weighted by Crippen LogP contribution is 2.26. The van der Waals surface area contributed by atoms with Gasteiger partial charge in [0, 0.05) is 25.8 Å². The number of morpholine rings is 1. The van der Waals surface area contributed by atoms with Gasteiger partial charge in [-0.25, -0.2) is 4.98 Å². The highest BCUT2D eigenvalue weighted by molar-refractivity contribution is 6.09. The molecule has 0 amide bonds. The van der Waals surface area contributed by atoms with Crippen molar-refractivity contribution in [3.8, 4) is 11.5 Å². The highest BCUT2D eigenvalue weighted by atomic mass is 16.5. The minimum absolute atomic E-state index is 0.0266. The van der Waals surface area contributed by atoms with E-state index >= 15 is 0 Å². The van der Waals surface area contributed by atoms with Gasteiger partial charge in [-0.05, 0) is 30.3 Å². The number of ether oxygens (including phenoxy) is 1. The fourth-order valence-corrected chi connectivity index (χ4v) is 3.18. The molecule has 0 atom stereocenters. The number of hydrogen-bond acceptors (Lipinski definition) is 6. The normalized spacial score (nSPS) is 15.4. The molecule has 1 aliphatic heterocycles. The predicted octanol–water partition coefficient (Wildman–Crippen LogP) is 1.81. The molecular formula is C19H19N3O4. The first-order chi connectivity index (χ1) is 12.6. The topological polar surface area (TPSA) is 87.3 Å². The molecule has 7 nitrogen and oxygen atoms in total. The molecule has 3 aromatic rings. The summed E-state index contributed by atoms with van der Waals surface area (Å²) in [5.74, 6) is -0.492. The Bertz CT molecular complexity index is 961. The Morgan fingerprint density at radius 3 is 2.77 bits per heavy atom. The molecule has 0 saturated carbocycles. The number of imidazole rings is 1. The smallest absolute Gasteiger partial charge is 0.232 e. The van der Waals surface area contributed by atoms with Crippen molar-refractivity contribution in [2.75, 3.05) is 26.3 Å². The minimum Gasteiger partial charge on any atom is -0.508 e. The monoisotopic (exact) mass is 353 g/mol. The van der Waals surface area contributed by atoms with Crippen molar-refractivity contribution in [2.24, 2.45) is 0 Å². The van der Waals surface area contributed by atoms with Crippen molar-refractivity contribution in [2.45, 2.75) is 6.54 Å². The molecule has 0 bridgehead atoms. The Morgan fingerprint density at radius 1 is 1.15 bits per heavy atom. The zero-order valence-corrected chi connectivity index (χ0v) is 14.1. The number of carbonyl (C=O) groups is 1. The van der Waals surface area contributed by atoms with E-state index in [0.717, 1.165) is 24.3 Å². The standard InChI is InChI=1S/C19H19N3O4/c23-13-4-5-17(24)14(11-13)18(25)19-20-15(12-21-7-9-26-10-8-21)16-3-1-2-6-22(16)19/h1-6,11,23-24H,7-10,12H2. The average molecular weight is 353 g/mol. The maximum absolute atomic E-state index is 13.0. The van der Waals surface area contributed by atoms with Crippen LogP contribution in [-0.2, 0) is 11.3 Å². The van der Waals surface area contributed by atoms with Crippen molar-refractivity contribution < 1.29 is 19.7 Å². The third-order valence-corrected chi connectivity index (χ3v) is 4.53. The number of pyridine rings is 1. The average Bonchev–Trinajstić information content (AvgIpc) is 3.03. The summed E-state index contributed by atoms with van der Waals surface area (Å²) in [6, 6.07) is 9.53. The predicted molar refractivity (Wildman–Crippen MR) is 94.5 cm³/mol. The second kappa shape index (κ2) is 6.78. The number of phenolic OH excluding ortho intramolecular Hbond substituents is 2. The van der Waals surface area contributed by atoms with Gasteiger partial charge in [-0.2, -0.15) is 0 Å². The number of aromatic nitrogens is 2. The molecule has 4 rings (SSSR count). The molecule has 0 aliphatic carbocycles. The number of carbonyl (C=O) groups excluding carboxylic acids is 1. The van der Waals surface area contributed by atoms with Crippen LogP contribution < -0.4 is 0 Å². The van der Waals surface area contributed by atoms with Crippen LogP contribution in [0.15, 0.2) is 42.6 Å². The van der Waals surface area contributed by atoms with Crippen LogP contribution in [0, 0.1) is 0 Å². The van der Waals surface area contributed by atoms with Gasteiger partial charge in [0.2, 0.25) is 5.78 Å². The largest absolute Gasteiger partial charge is 0.508 e. The van der Waals surface area contributed by atoms with Gasteiger partial charge in [0.15, 0.2) is 5.82 Å². The van der Waals surface area contributed by atoms with E-state index in [2.05, 4.69) is 9.88 Å². The lowest BCUT2D eigenvalue weighted by molar-refractivity contribution is 0.0338. The second-order valence-electron chi connectivity index (χ2n) is 6.26. The van der Waals surface area contributed by atoms with Gasteiger partial charge < -0.3 is 14.9 Å². The van der Waals surface area contributed by atoms with Crippen LogP contribution in [0.25, 0.3) is 5.52 Å². The summed E-state index contributed by atoms with van der Waals surface area (Å²) in [5, 5.41) is 19.7. The van der Waals surface area contributed by atoms with Crippen LogP contribution in [-0.4, -0.2) is 56.6 Å². The molecule has 0 radical (unpaired) electrons. The molecule has 0 spiro atoms. The summed E-state index contributed by atoms with van der Waals surface area (Å²) in [7, 11) is 0. The summed E-state index contributed by atoms with van der Waals surface area (Å²) in [5.41, 5.74) is 1.68. The highest BCUT2D eigenvalue weighted by Gasteiger charge is 2.23. The quantitative estimate of drug-likeness (QED) is 0.549. The second-order valence-corrected chi connectivity index (χ2v) is 6.26. The van der Waals surface area contributed by atoms with Crippen LogP contribution in [0.2, 0.25) is 0 Å². The fourth-order valence-electron chi connectivity index (χ4n) is 3.18. The molecule has 1 aromatic carbocycles. The molecule has 7 heteroatoms. The number of nitrogens with zero attached hydrogens (tertiary/aromatic N) is 3. The molecular weight excluding hydrogens is 334 g/mol. The first-order valence-electron chi connectivity index (χ1n) is 8.46. The molecule has 2 aromatic heterocycles. The van der Waals surface area contributed by atoms with E-state index in [9.17, 15) is 15.0 Å². The number of phenols is 2. The van der Waals surface area contributed by atoms with Crippen molar-refractivity contribution >= 4 is 11.3 Å². The lowest BCUT2D eigenvalue weighted by Gasteiger charge is -2.25. The number of hydrogen-bond donors (Lipinski definition) is 2. The van der Waals surface area contributed by atoms with Crippen LogP contribution in [0.4, 0.5) is 0 Å². The Morgan fingerprint density at radius 2 is 1.96 bits per heavy atom. The van der Waals surface area contributed by atoms with Crippen LogP contribution >= 0.6 is 0 Å². The molecule has 1 aliphatic rings. The third kappa shape index (κ3) is 3.02. The van der Waals surface area contributed by atoms with Crippen LogP contribution in [0.1, 0.15) is 21.9 Å². The van der Waals surface area contributed by atoms with Gasteiger partial charge in [0.1, 0.15) is 11.5 Å². The van der Waals surface area contributed by atoms with E-state index in [-0.39, 0.29) is 22.9 Å². The van der Waals surface area contributed by atoms with Gasteiger partial charge in [-0.1, -0.05) is 6.07 Å². The van der Waals surface area contributed by atoms with Crippen molar-refractivity contribution in [3.63, 3.8) is 0 Å². The number of fused-ring (bicyclic) bond motifs is 1. The first-order valence-corrected chi connectivity index (χ1v) is 8.46. The Balaban J connectivity index is 1.75. The molecule has 3 heterocycles. The molecule has 134 valence electrons. The summed E-state index contributed by atoms with van der Waals surface area (Å²) >= 11 is 0. The number of rotatable bonds is 4. The van der Waals surface area contributed by atoms with Crippen molar-refractivity contribution in [1.29, 1.82) is 0 Å². The maximum Gasteiger partial charge on any atom is 0.232 e. The zero-order valence-electron chi connectivity index (χ0n) is 14.1. The van der Waals surface area contributed by atoms with E-state index in [1.165, 1.54) is 18.2 Å². The summed E-state index contributed by atoms with van der Waals surface area (Å²) in [6.07, 6.45) is 1.78. The Kier molecular flexibility index (Phi) is 4.32. The van der Waals surface area contributed by atoms with E-state index in [0.29, 0.717) is 19.8 Å². The van der Waals surface area contributed by atoms with Gasteiger partial charge >= 0.3 is 0 Å². The summed E-state index contributed by atoms with van der Waals surface area (Å²) in [4.78, 5) is 19.8. The van der Waals surface area contributed by atoms with E-state index < -0.39 is 5.78 Å². The van der Waals surface area contributed by atoms with Crippen LogP contribution in [0.5, 0.6) is 11.5 Å². The Labute approximate surface area is 150 Å². The SMILES string of the molecule is O=C(c1cc(O)ccc1O)c1nc(CN2CCOCC2)c2ccccn12. The van der Waals surface area contributed by atoms with Crippen LogP contribution in [0.3, 0.4) is 0 Å². The lowest BCUT2D eigenvalue weighted by atomic mass is 10.1. The molecule has 2 N–H and O–H groups in total. The van der Waals surface area contributed by atoms with Gasteiger partial charge in [-0.15, -0.1) is 0 Å². The van der Waals surface area contributed by atoms with Crippen molar-refractivity contribution in [3.05, 3.63) is 59.7 Å². The van der Waals surface area contributed by atoms with Gasteiger partial charge in [0.05, 0.1) is 30.0 Å². The van der Waals surface area contributed by atoms with Gasteiger partial charge in [-0.3, -0.25) is 14.1 Å². The van der Waals surface area contributed by atoms with E-state index in [1.807, 2.05) is 18.2 Å². The maximum atomic E-state index is 13.0.